The number of ether oxygens (including phenoxy) is 1. The van der Waals surface area contributed by atoms with Crippen molar-refractivity contribution < 1.29 is 14.6 Å². The zero-order chi connectivity index (χ0) is 14.5. The second-order valence-electron chi connectivity index (χ2n) is 5.68. The Balaban J connectivity index is 2.58. The summed E-state index contributed by atoms with van der Waals surface area (Å²) in [7, 11) is -1.08. The number of hydrogen-bond acceptors (Lipinski definition) is 3. The standard InChI is InChI=1S/C13H22N2O3Si/c1-11-14-9-12(5-6-13(16)17)15(11)10-18-7-8-19(2,3)4/h5-6,9H,7-8,10H2,1-4H3,(H,16,17). The average molecular weight is 282 g/mol. The van der Waals surface area contributed by atoms with Gasteiger partial charge in [-0.1, -0.05) is 19.6 Å². The van der Waals surface area contributed by atoms with E-state index in [0.29, 0.717) is 6.73 Å². The number of carboxylic acid groups (broad SMARTS) is 1. The number of carbonyl (C=O) groups is 1. The van der Waals surface area contributed by atoms with Gasteiger partial charge in [-0.15, -0.1) is 0 Å². The van der Waals surface area contributed by atoms with Crippen LogP contribution in [-0.2, 0) is 16.3 Å². The van der Waals surface area contributed by atoms with Crippen LogP contribution in [0.15, 0.2) is 12.3 Å². The molecule has 0 unspecified atom stereocenters. The van der Waals surface area contributed by atoms with Crippen LogP contribution >= 0.6 is 0 Å². The first-order chi connectivity index (χ1) is 8.79. The first-order valence-corrected chi connectivity index (χ1v) is 10.0. The van der Waals surface area contributed by atoms with Gasteiger partial charge < -0.3 is 14.4 Å². The van der Waals surface area contributed by atoms with Gasteiger partial charge >= 0.3 is 5.97 Å². The van der Waals surface area contributed by atoms with E-state index in [0.717, 1.165) is 30.2 Å². The molecule has 0 fully saturated rings. The van der Waals surface area contributed by atoms with Crippen LogP contribution in [-0.4, -0.2) is 35.3 Å². The van der Waals surface area contributed by atoms with Crippen molar-refractivity contribution in [1.82, 2.24) is 9.55 Å². The lowest BCUT2D eigenvalue weighted by Crippen LogP contribution is -2.22. The van der Waals surface area contributed by atoms with E-state index in [4.69, 9.17) is 9.84 Å². The van der Waals surface area contributed by atoms with Crippen molar-refractivity contribution >= 4 is 20.1 Å². The van der Waals surface area contributed by atoms with Crippen molar-refractivity contribution in [1.29, 1.82) is 0 Å². The summed E-state index contributed by atoms with van der Waals surface area (Å²) in [5.74, 6) is -0.150. The fourth-order valence-corrected chi connectivity index (χ4v) is 2.23. The third-order valence-corrected chi connectivity index (χ3v) is 4.40. The van der Waals surface area contributed by atoms with Gasteiger partial charge in [0.15, 0.2) is 0 Å². The largest absolute Gasteiger partial charge is 0.478 e. The highest BCUT2D eigenvalue weighted by molar-refractivity contribution is 6.76. The molecule has 0 saturated carbocycles. The lowest BCUT2D eigenvalue weighted by Gasteiger charge is -2.16. The summed E-state index contributed by atoms with van der Waals surface area (Å²) in [6, 6.07) is 1.11. The molecule has 0 aliphatic heterocycles. The average Bonchev–Trinajstić information content (AvgIpc) is 2.62. The number of aromatic nitrogens is 2. The van der Waals surface area contributed by atoms with Crippen LogP contribution < -0.4 is 0 Å². The molecule has 19 heavy (non-hydrogen) atoms. The van der Waals surface area contributed by atoms with E-state index >= 15 is 0 Å². The second-order valence-corrected chi connectivity index (χ2v) is 11.3. The lowest BCUT2D eigenvalue weighted by atomic mass is 10.4. The summed E-state index contributed by atoms with van der Waals surface area (Å²) < 4.78 is 7.52. The van der Waals surface area contributed by atoms with Gasteiger partial charge in [0.2, 0.25) is 0 Å². The summed E-state index contributed by atoms with van der Waals surface area (Å²) in [5.41, 5.74) is 0.743. The minimum Gasteiger partial charge on any atom is -0.478 e. The van der Waals surface area contributed by atoms with Crippen molar-refractivity contribution in [3.63, 3.8) is 0 Å². The number of hydrogen-bond donors (Lipinski definition) is 1. The number of nitrogens with zero attached hydrogens (tertiary/aromatic N) is 2. The molecule has 0 aromatic carbocycles. The molecule has 0 aliphatic rings. The van der Waals surface area contributed by atoms with Crippen LogP contribution in [0.3, 0.4) is 0 Å². The highest BCUT2D eigenvalue weighted by Gasteiger charge is 2.12. The number of aryl methyl sites for hydroxylation is 1. The van der Waals surface area contributed by atoms with E-state index in [1.54, 1.807) is 6.20 Å². The smallest absolute Gasteiger partial charge is 0.328 e. The third-order valence-electron chi connectivity index (χ3n) is 2.70. The predicted octanol–water partition coefficient (Wildman–Crippen LogP) is 2.60. The summed E-state index contributed by atoms with van der Waals surface area (Å²) in [6.45, 7) is 9.94. The maximum atomic E-state index is 10.5. The van der Waals surface area contributed by atoms with E-state index < -0.39 is 14.0 Å². The van der Waals surface area contributed by atoms with Gasteiger partial charge in [0.25, 0.3) is 0 Å². The van der Waals surface area contributed by atoms with E-state index in [2.05, 4.69) is 24.6 Å². The fourth-order valence-electron chi connectivity index (χ4n) is 1.48. The van der Waals surface area contributed by atoms with Crippen LogP contribution in [0, 0.1) is 6.92 Å². The number of imidazole rings is 1. The van der Waals surface area contributed by atoms with Crippen LogP contribution in [0.25, 0.3) is 6.08 Å². The molecule has 1 aromatic heterocycles. The fraction of sp³-hybridized carbons (Fsp3) is 0.538. The molecule has 1 rings (SSSR count). The molecule has 0 spiro atoms. The Kier molecular flexibility index (Phi) is 5.50. The molecule has 106 valence electrons. The molecule has 5 nitrogen and oxygen atoms in total. The van der Waals surface area contributed by atoms with E-state index in [9.17, 15) is 4.79 Å². The minimum atomic E-state index is -1.08. The van der Waals surface area contributed by atoms with Crippen molar-refractivity contribution in [3.8, 4) is 0 Å². The number of carboxylic acids is 1. The van der Waals surface area contributed by atoms with Crippen molar-refractivity contribution in [2.75, 3.05) is 6.61 Å². The zero-order valence-corrected chi connectivity index (χ0v) is 13.0. The molecule has 0 amide bonds. The van der Waals surface area contributed by atoms with Crippen LogP contribution in [0.2, 0.25) is 25.7 Å². The lowest BCUT2D eigenvalue weighted by molar-refractivity contribution is -0.131. The van der Waals surface area contributed by atoms with Crippen molar-refractivity contribution in [2.45, 2.75) is 39.3 Å². The Bertz CT molecular complexity index is 461. The van der Waals surface area contributed by atoms with Gasteiger partial charge in [0.05, 0.1) is 11.9 Å². The van der Waals surface area contributed by atoms with Crippen LogP contribution in [0.4, 0.5) is 0 Å². The van der Waals surface area contributed by atoms with Gasteiger partial charge in [-0.2, -0.15) is 0 Å². The monoisotopic (exact) mass is 282 g/mol. The quantitative estimate of drug-likeness (QED) is 0.474. The first-order valence-electron chi connectivity index (χ1n) is 6.30. The Labute approximate surface area is 114 Å². The maximum absolute atomic E-state index is 10.5. The first kappa shape index (κ1) is 15.7. The zero-order valence-electron chi connectivity index (χ0n) is 12.0. The molecular formula is C13H22N2O3Si. The van der Waals surface area contributed by atoms with Crippen LogP contribution in [0.5, 0.6) is 0 Å². The third kappa shape index (κ3) is 5.85. The molecule has 1 heterocycles. The Morgan fingerprint density at radius 2 is 2.21 bits per heavy atom. The predicted molar refractivity (Wildman–Crippen MR) is 77.7 cm³/mol. The number of aliphatic carboxylic acids is 1. The molecule has 0 aliphatic carbocycles. The summed E-state index contributed by atoms with van der Waals surface area (Å²) >= 11 is 0. The molecule has 6 heteroatoms. The summed E-state index contributed by atoms with van der Waals surface area (Å²) in [4.78, 5) is 14.7. The minimum absolute atomic E-state index is 0.412. The molecule has 1 aromatic rings. The Morgan fingerprint density at radius 1 is 1.53 bits per heavy atom. The van der Waals surface area contributed by atoms with Crippen LogP contribution in [0.1, 0.15) is 11.5 Å². The van der Waals surface area contributed by atoms with Gasteiger partial charge in [-0.25, -0.2) is 9.78 Å². The maximum Gasteiger partial charge on any atom is 0.328 e. The van der Waals surface area contributed by atoms with E-state index in [-0.39, 0.29) is 0 Å². The van der Waals surface area contributed by atoms with Gasteiger partial charge in [0, 0.05) is 20.8 Å². The second kappa shape index (κ2) is 6.67. The van der Waals surface area contributed by atoms with Crippen molar-refractivity contribution in [2.24, 2.45) is 0 Å². The molecule has 1 N–H and O–H groups in total. The van der Waals surface area contributed by atoms with E-state index in [1.165, 1.54) is 6.08 Å². The molecule has 0 bridgehead atoms. The van der Waals surface area contributed by atoms with E-state index in [1.807, 2.05) is 11.5 Å². The Morgan fingerprint density at radius 3 is 2.79 bits per heavy atom. The molecule has 0 saturated heterocycles. The summed E-state index contributed by atoms with van der Waals surface area (Å²) in [6.07, 6.45) is 4.29. The van der Waals surface area contributed by atoms with Gasteiger partial charge in [-0.05, 0) is 19.0 Å². The van der Waals surface area contributed by atoms with Gasteiger partial charge in [0.1, 0.15) is 12.6 Å². The molecule has 0 radical (unpaired) electrons. The Hall–Kier alpha value is -1.40. The number of rotatable bonds is 7. The highest BCUT2D eigenvalue weighted by atomic mass is 28.3. The topological polar surface area (TPSA) is 64.3 Å². The van der Waals surface area contributed by atoms with Crippen molar-refractivity contribution in [3.05, 3.63) is 23.8 Å². The molecular weight excluding hydrogens is 260 g/mol. The van der Waals surface area contributed by atoms with Gasteiger partial charge in [-0.3, -0.25) is 0 Å². The normalized spacial score (nSPS) is 12.2. The molecule has 0 atom stereocenters. The summed E-state index contributed by atoms with van der Waals surface area (Å²) in [5, 5.41) is 8.63. The SMILES string of the molecule is Cc1ncc(C=CC(=O)O)n1COCC[Si](C)(C)C. The highest BCUT2D eigenvalue weighted by Crippen LogP contribution is 2.10.